The minimum Gasteiger partial charge on any atom is -0.343 e. The molecule has 0 radical (unpaired) electrons. The molecule has 14 heavy (non-hydrogen) atoms. The van der Waals surface area contributed by atoms with Crippen molar-refractivity contribution in [3.63, 3.8) is 0 Å². The van der Waals surface area contributed by atoms with Crippen LogP contribution >= 0.6 is 0 Å². The largest absolute Gasteiger partial charge is 0.343 e. The SMILES string of the molecule is CCC1CCCN(C(=O)CCN)CC1. The Morgan fingerprint density at radius 3 is 2.86 bits per heavy atom. The molecule has 1 atom stereocenters. The number of nitrogens with two attached hydrogens (primary N) is 1. The second-order valence-corrected chi connectivity index (χ2v) is 4.12. The van der Waals surface area contributed by atoms with Crippen molar-refractivity contribution < 1.29 is 4.79 Å². The zero-order valence-electron chi connectivity index (χ0n) is 9.17. The van der Waals surface area contributed by atoms with Gasteiger partial charge in [0, 0.05) is 26.1 Å². The first kappa shape index (κ1) is 11.5. The third-order valence-electron chi connectivity index (χ3n) is 3.14. The maximum Gasteiger partial charge on any atom is 0.223 e. The molecule has 1 rings (SSSR count). The van der Waals surface area contributed by atoms with Crippen molar-refractivity contribution >= 4 is 5.91 Å². The fourth-order valence-corrected chi connectivity index (χ4v) is 2.10. The molecule has 0 aromatic heterocycles. The second-order valence-electron chi connectivity index (χ2n) is 4.12. The number of nitrogens with zero attached hydrogens (tertiary/aromatic N) is 1. The lowest BCUT2D eigenvalue weighted by molar-refractivity contribution is -0.130. The van der Waals surface area contributed by atoms with E-state index in [2.05, 4.69) is 6.92 Å². The molecule has 1 heterocycles. The molecule has 0 spiro atoms. The first-order valence-corrected chi connectivity index (χ1v) is 5.75. The number of hydrogen-bond acceptors (Lipinski definition) is 2. The van der Waals surface area contributed by atoms with Gasteiger partial charge in [0.05, 0.1) is 0 Å². The number of rotatable bonds is 3. The molecule has 0 aliphatic carbocycles. The summed E-state index contributed by atoms with van der Waals surface area (Å²) < 4.78 is 0. The summed E-state index contributed by atoms with van der Waals surface area (Å²) in [5.41, 5.74) is 5.38. The van der Waals surface area contributed by atoms with Crippen LogP contribution in [0.15, 0.2) is 0 Å². The van der Waals surface area contributed by atoms with E-state index in [0.717, 1.165) is 25.4 Å². The summed E-state index contributed by atoms with van der Waals surface area (Å²) in [5, 5.41) is 0. The summed E-state index contributed by atoms with van der Waals surface area (Å²) in [7, 11) is 0. The minimum absolute atomic E-state index is 0.240. The average Bonchev–Trinajstić information content (AvgIpc) is 2.42. The van der Waals surface area contributed by atoms with Crippen LogP contribution < -0.4 is 5.73 Å². The highest BCUT2D eigenvalue weighted by Crippen LogP contribution is 2.20. The van der Waals surface area contributed by atoms with Gasteiger partial charge in [0.1, 0.15) is 0 Å². The van der Waals surface area contributed by atoms with E-state index in [0.29, 0.717) is 13.0 Å². The van der Waals surface area contributed by atoms with Crippen LogP contribution in [0.1, 0.15) is 39.0 Å². The van der Waals surface area contributed by atoms with Crippen molar-refractivity contribution in [2.75, 3.05) is 19.6 Å². The lowest BCUT2D eigenvalue weighted by Gasteiger charge is -2.20. The van der Waals surface area contributed by atoms with Gasteiger partial charge in [-0.25, -0.2) is 0 Å². The molecule has 0 bridgehead atoms. The van der Waals surface area contributed by atoms with Crippen LogP contribution in [0, 0.1) is 5.92 Å². The van der Waals surface area contributed by atoms with Gasteiger partial charge < -0.3 is 10.6 Å². The molecular formula is C11H22N2O. The van der Waals surface area contributed by atoms with Crippen LogP contribution in [0.25, 0.3) is 0 Å². The van der Waals surface area contributed by atoms with E-state index in [1.807, 2.05) is 4.90 Å². The zero-order chi connectivity index (χ0) is 10.4. The summed E-state index contributed by atoms with van der Waals surface area (Å²) in [6.45, 7) is 4.60. The van der Waals surface area contributed by atoms with Crippen LogP contribution in [-0.2, 0) is 4.79 Å². The molecular weight excluding hydrogens is 176 g/mol. The number of likely N-dealkylation sites (tertiary alicyclic amines) is 1. The predicted molar refractivity (Wildman–Crippen MR) is 57.9 cm³/mol. The molecule has 1 amide bonds. The van der Waals surface area contributed by atoms with Gasteiger partial charge in [-0.3, -0.25) is 4.79 Å². The maximum atomic E-state index is 11.6. The minimum atomic E-state index is 0.240. The number of carbonyl (C=O) groups is 1. The second kappa shape index (κ2) is 6.02. The summed E-state index contributed by atoms with van der Waals surface area (Å²) in [6.07, 6.45) is 5.38. The van der Waals surface area contributed by atoms with E-state index >= 15 is 0 Å². The van der Waals surface area contributed by atoms with Gasteiger partial charge in [-0.1, -0.05) is 13.3 Å². The fraction of sp³-hybridized carbons (Fsp3) is 0.909. The van der Waals surface area contributed by atoms with Gasteiger partial charge in [0.15, 0.2) is 0 Å². The normalized spacial score (nSPS) is 23.3. The molecule has 1 aliphatic rings. The summed E-state index contributed by atoms with van der Waals surface area (Å²) in [5.74, 6) is 1.06. The van der Waals surface area contributed by atoms with Gasteiger partial charge in [-0.05, 0) is 25.2 Å². The molecule has 1 saturated heterocycles. The Morgan fingerprint density at radius 1 is 1.43 bits per heavy atom. The molecule has 82 valence electrons. The Hall–Kier alpha value is -0.570. The topological polar surface area (TPSA) is 46.3 Å². The van der Waals surface area contributed by atoms with E-state index in [1.165, 1.54) is 19.3 Å². The Balaban J connectivity index is 2.37. The van der Waals surface area contributed by atoms with Crippen LogP contribution in [0.3, 0.4) is 0 Å². The summed E-state index contributed by atoms with van der Waals surface area (Å²) >= 11 is 0. The molecule has 3 nitrogen and oxygen atoms in total. The van der Waals surface area contributed by atoms with Gasteiger partial charge in [-0.15, -0.1) is 0 Å². The number of hydrogen-bond donors (Lipinski definition) is 1. The molecule has 1 unspecified atom stereocenters. The molecule has 2 N–H and O–H groups in total. The van der Waals surface area contributed by atoms with Crippen LogP contribution in [0.2, 0.25) is 0 Å². The maximum absolute atomic E-state index is 11.6. The summed E-state index contributed by atoms with van der Waals surface area (Å²) in [4.78, 5) is 13.6. The zero-order valence-corrected chi connectivity index (χ0v) is 9.17. The first-order valence-electron chi connectivity index (χ1n) is 5.75. The van der Waals surface area contributed by atoms with Gasteiger partial charge >= 0.3 is 0 Å². The van der Waals surface area contributed by atoms with Crippen molar-refractivity contribution in [2.24, 2.45) is 11.7 Å². The molecule has 1 aliphatic heterocycles. The highest BCUT2D eigenvalue weighted by atomic mass is 16.2. The van der Waals surface area contributed by atoms with Crippen LogP contribution in [-0.4, -0.2) is 30.4 Å². The molecule has 0 aromatic rings. The van der Waals surface area contributed by atoms with E-state index in [-0.39, 0.29) is 5.91 Å². The van der Waals surface area contributed by atoms with Crippen molar-refractivity contribution in [3.05, 3.63) is 0 Å². The fourth-order valence-electron chi connectivity index (χ4n) is 2.10. The Labute approximate surface area is 86.6 Å². The quantitative estimate of drug-likeness (QED) is 0.744. The number of amides is 1. The van der Waals surface area contributed by atoms with E-state index in [4.69, 9.17) is 5.73 Å². The highest BCUT2D eigenvalue weighted by Gasteiger charge is 2.18. The molecule has 3 heteroatoms. The van der Waals surface area contributed by atoms with Gasteiger partial charge in [0.2, 0.25) is 5.91 Å². The third-order valence-corrected chi connectivity index (χ3v) is 3.14. The van der Waals surface area contributed by atoms with Crippen LogP contribution in [0.4, 0.5) is 0 Å². The van der Waals surface area contributed by atoms with Crippen LogP contribution in [0.5, 0.6) is 0 Å². The molecule has 1 fully saturated rings. The third kappa shape index (κ3) is 3.29. The molecule has 0 saturated carbocycles. The molecule has 0 aromatic carbocycles. The summed E-state index contributed by atoms with van der Waals surface area (Å²) in [6, 6.07) is 0. The van der Waals surface area contributed by atoms with E-state index in [1.54, 1.807) is 0 Å². The monoisotopic (exact) mass is 198 g/mol. The highest BCUT2D eigenvalue weighted by molar-refractivity contribution is 5.76. The standard InChI is InChI=1S/C11H22N2O/c1-2-10-4-3-8-13(9-6-10)11(14)5-7-12/h10H,2-9,12H2,1H3. The Morgan fingerprint density at radius 2 is 2.21 bits per heavy atom. The van der Waals surface area contributed by atoms with Gasteiger partial charge in [0.25, 0.3) is 0 Å². The lowest BCUT2D eigenvalue weighted by atomic mass is 9.98. The predicted octanol–water partition coefficient (Wildman–Crippen LogP) is 1.37. The van der Waals surface area contributed by atoms with E-state index < -0.39 is 0 Å². The Kier molecular flexibility index (Phi) is 4.94. The Bertz CT molecular complexity index is 182. The van der Waals surface area contributed by atoms with Crippen molar-refractivity contribution in [3.8, 4) is 0 Å². The van der Waals surface area contributed by atoms with Crippen molar-refractivity contribution in [2.45, 2.75) is 39.0 Å². The van der Waals surface area contributed by atoms with Crippen molar-refractivity contribution in [1.29, 1.82) is 0 Å². The average molecular weight is 198 g/mol. The lowest BCUT2D eigenvalue weighted by Crippen LogP contribution is -2.33. The number of carbonyl (C=O) groups excluding carboxylic acids is 1. The first-order chi connectivity index (χ1) is 6.77. The smallest absolute Gasteiger partial charge is 0.223 e. The van der Waals surface area contributed by atoms with E-state index in [9.17, 15) is 4.79 Å². The van der Waals surface area contributed by atoms with Gasteiger partial charge in [-0.2, -0.15) is 0 Å². The van der Waals surface area contributed by atoms with Crippen molar-refractivity contribution in [1.82, 2.24) is 4.90 Å².